The van der Waals surface area contributed by atoms with Gasteiger partial charge in [-0.15, -0.1) is 0 Å². The van der Waals surface area contributed by atoms with Crippen LogP contribution in [0.2, 0.25) is 0 Å². The van der Waals surface area contributed by atoms with Crippen LogP contribution in [-0.2, 0) is 9.59 Å². The van der Waals surface area contributed by atoms with Crippen LogP contribution in [0.25, 0.3) is 0 Å². The lowest BCUT2D eigenvalue weighted by Crippen LogP contribution is -2.62. The minimum absolute atomic E-state index is 0.0231. The molecule has 0 heterocycles. The molecular weight excluding hydrogens is 496 g/mol. The lowest BCUT2D eigenvalue weighted by atomic mass is 9.34. The van der Waals surface area contributed by atoms with Gasteiger partial charge in [0.2, 0.25) is 11.7 Å². The number of likely N-dealkylation sites (N-methyl/N-ethyl adjacent to an activating group) is 1. The quantitative estimate of drug-likeness (QED) is 0.372. The monoisotopic (exact) mass is 548 g/mol. The molecular formula is C35H52N2O3. The van der Waals surface area contributed by atoms with Crippen LogP contribution in [0.1, 0.15) is 100 Å². The predicted molar refractivity (Wildman–Crippen MR) is 162 cm³/mol. The number of fused-ring (bicyclic) bond motifs is 7. The zero-order chi connectivity index (χ0) is 29.3. The maximum absolute atomic E-state index is 13.7. The highest BCUT2D eigenvalue weighted by Crippen LogP contribution is 2.75. The van der Waals surface area contributed by atoms with Gasteiger partial charge >= 0.3 is 0 Å². The molecule has 0 aliphatic heterocycles. The number of rotatable bonds is 6. The van der Waals surface area contributed by atoms with Gasteiger partial charge in [-0.2, -0.15) is 0 Å². The largest absolute Gasteiger partial charge is 0.504 e. The molecule has 0 unspecified atom stereocenters. The molecule has 0 spiro atoms. The lowest BCUT2D eigenvalue weighted by molar-refractivity contribution is -0.169. The van der Waals surface area contributed by atoms with Gasteiger partial charge < -0.3 is 15.3 Å². The average molecular weight is 549 g/mol. The molecule has 0 aromatic heterocycles. The topological polar surface area (TPSA) is 69.6 Å². The first kappa shape index (κ1) is 29.4. The van der Waals surface area contributed by atoms with Crippen molar-refractivity contribution >= 4 is 11.7 Å². The first-order chi connectivity index (χ1) is 18.7. The Hall–Kier alpha value is -2.14. The molecule has 5 rings (SSSR count). The normalized spacial score (nSPS) is 40.8. The summed E-state index contributed by atoms with van der Waals surface area (Å²) < 4.78 is 0. The maximum atomic E-state index is 13.7. The summed E-state index contributed by atoms with van der Waals surface area (Å²) in [5.41, 5.74) is 3.96. The molecule has 40 heavy (non-hydrogen) atoms. The van der Waals surface area contributed by atoms with Crippen LogP contribution >= 0.6 is 0 Å². The fourth-order valence-corrected chi connectivity index (χ4v) is 9.74. The van der Waals surface area contributed by atoms with Crippen LogP contribution in [0, 0.1) is 33.0 Å². The number of carbonyl (C=O) groups is 2. The Kier molecular flexibility index (Phi) is 7.13. The zero-order valence-corrected chi connectivity index (χ0v) is 26.3. The second-order valence-corrected chi connectivity index (χ2v) is 14.9. The Morgan fingerprint density at radius 1 is 1.00 bits per heavy atom. The number of ketones is 1. The van der Waals surface area contributed by atoms with Crippen molar-refractivity contribution in [1.82, 2.24) is 10.2 Å². The van der Waals surface area contributed by atoms with Crippen LogP contribution in [0.4, 0.5) is 0 Å². The third-order valence-corrected chi connectivity index (χ3v) is 13.0. The molecule has 0 bridgehead atoms. The van der Waals surface area contributed by atoms with Crippen LogP contribution in [0.15, 0.2) is 46.3 Å². The van der Waals surface area contributed by atoms with Gasteiger partial charge in [0, 0.05) is 29.5 Å². The standard InChI is InChI=1S/C35H52N2O3/c1-9-37(10-2)20-19-36-30(40)32(5)14-13-31(4)15-17-34(7)27-12-11-24-23(3)29(39)26(38)21-25(24)33(27,6)16-18-35(34,8)28(31)22-32/h11-12,21,28,39H,9-10,13-20,22H2,1-8H3,(H,36,40)/t28-,31-,32-,33+,34-,35+/m1/s1. The van der Waals surface area contributed by atoms with Crippen molar-refractivity contribution in [2.75, 3.05) is 26.2 Å². The number of aliphatic hydroxyl groups is 1. The van der Waals surface area contributed by atoms with Gasteiger partial charge in [-0.1, -0.05) is 66.2 Å². The zero-order valence-electron chi connectivity index (χ0n) is 26.3. The third kappa shape index (κ3) is 4.04. The highest BCUT2D eigenvalue weighted by molar-refractivity contribution is 6.06. The van der Waals surface area contributed by atoms with E-state index in [4.69, 9.17) is 0 Å². The summed E-state index contributed by atoms with van der Waals surface area (Å²) in [6, 6.07) is 0. The summed E-state index contributed by atoms with van der Waals surface area (Å²) in [6.07, 6.45) is 13.6. The molecule has 6 atom stereocenters. The molecule has 5 heteroatoms. The van der Waals surface area contributed by atoms with E-state index in [-0.39, 0.29) is 44.5 Å². The lowest BCUT2D eigenvalue weighted by Gasteiger charge is -2.70. The molecule has 5 aliphatic rings. The van der Waals surface area contributed by atoms with E-state index in [2.05, 4.69) is 70.8 Å². The second kappa shape index (κ2) is 9.71. The number of hydrogen-bond donors (Lipinski definition) is 2. The second-order valence-electron chi connectivity index (χ2n) is 14.9. The SMILES string of the molecule is CCN(CC)CCNC(=O)[C@]1(C)CC[C@]2(C)CC[C@]3(C)C4=CC=C5C(=CC(=O)C(O)=C5C)[C@]4(C)CC[C@@]3(C)[C@@H]2C1. The van der Waals surface area contributed by atoms with Crippen LogP contribution in [-0.4, -0.2) is 47.9 Å². The summed E-state index contributed by atoms with van der Waals surface area (Å²) in [5, 5.41) is 13.7. The van der Waals surface area contributed by atoms with Crippen molar-refractivity contribution in [3.8, 4) is 0 Å². The maximum Gasteiger partial charge on any atom is 0.225 e. The van der Waals surface area contributed by atoms with Crippen LogP contribution in [0.3, 0.4) is 0 Å². The van der Waals surface area contributed by atoms with Gasteiger partial charge in [-0.25, -0.2) is 0 Å². The van der Waals surface area contributed by atoms with E-state index in [1.54, 1.807) is 6.08 Å². The molecule has 0 aromatic carbocycles. The highest BCUT2D eigenvalue weighted by Gasteiger charge is 2.67. The molecule has 3 fully saturated rings. The number of carbonyl (C=O) groups excluding carboxylic acids is 2. The third-order valence-electron chi connectivity index (χ3n) is 13.0. The van der Waals surface area contributed by atoms with Gasteiger partial charge in [0.15, 0.2) is 5.76 Å². The van der Waals surface area contributed by atoms with E-state index in [0.29, 0.717) is 18.0 Å². The van der Waals surface area contributed by atoms with Gasteiger partial charge in [0.05, 0.1) is 0 Å². The van der Waals surface area contributed by atoms with Crippen molar-refractivity contribution in [3.05, 3.63) is 46.3 Å². The fraction of sp³-hybridized carbons (Fsp3) is 0.714. The van der Waals surface area contributed by atoms with Gasteiger partial charge in [-0.05, 0) is 104 Å². The van der Waals surface area contributed by atoms with E-state index in [1.807, 2.05) is 6.92 Å². The summed E-state index contributed by atoms with van der Waals surface area (Å²) in [7, 11) is 0. The van der Waals surface area contributed by atoms with Gasteiger partial charge in [-0.3, -0.25) is 9.59 Å². The minimum atomic E-state index is -0.346. The molecule has 220 valence electrons. The van der Waals surface area contributed by atoms with Crippen molar-refractivity contribution in [1.29, 1.82) is 0 Å². The Bertz CT molecular complexity index is 1240. The predicted octanol–water partition coefficient (Wildman–Crippen LogP) is 7.07. The average Bonchev–Trinajstić information content (AvgIpc) is 2.92. The number of allylic oxidation sites excluding steroid dienone is 7. The van der Waals surface area contributed by atoms with Crippen molar-refractivity contribution < 1.29 is 14.7 Å². The molecule has 5 aliphatic carbocycles. The first-order valence-corrected chi connectivity index (χ1v) is 15.8. The smallest absolute Gasteiger partial charge is 0.225 e. The van der Waals surface area contributed by atoms with Crippen LogP contribution < -0.4 is 5.32 Å². The Balaban J connectivity index is 1.47. The Morgan fingerprint density at radius 3 is 2.35 bits per heavy atom. The number of nitrogens with one attached hydrogen (secondary N) is 1. The molecule has 3 saturated carbocycles. The van der Waals surface area contributed by atoms with E-state index in [0.717, 1.165) is 69.3 Å². The molecule has 2 N–H and O–H groups in total. The minimum Gasteiger partial charge on any atom is -0.504 e. The summed E-state index contributed by atoms with van der Waals surface area (Å²) in [4.78, 5) is 28.8. The van der Waals surface area contributed by atoms with Crippen molar-refractivity contribution in [3.63, 3.8) is 0 Å². The Morgan fingerprint density at radius 2 is 1.68 bits per heavy atom. The molecule has 0 saturated heterocycles. The molecule has 5 nitrogen and oxygen atoms in total. The van der Waals surface area contributed by atoms with E-state index in [9.17, 15) is 14.7 Å². The molecule has 0 radical (unpaired) electrons. The highest BCUT2D eigenvalue weighted by atomic mass is 16.3. The van der Waals surface area contributed by atoms with E-state index in [1.165, 1.54) is 12.0 Å². The fourth-order valence-electron chi connectivity index (χ4n) is 9.74. The van der Waals surface area contributed by atoms with E-state index >= 15 is 0 Å². The van der Waals surface area contributed by atoms with Crippen molar-refractivity contribution in [2.24, 2.45) is 33.0 Å². The van der Waals surface area contributed by atoms with Gasteiger partial charge in [0.1, 0.15) is 0 Å². The summed E-state index contributed by atoms with van der Waals surface area (Å²) >= 11 is 0. The van der Waals surface area contributed by atoms with E-state index < -0.39 is 0 Å². The van der Waals surface area contributed by atoms with Crippen LogP contribution in [0.5, 0.6) is 0 Å². The number of aliphatic hydroxyl groups excluding tert-OH is 1. The summed E-state index contributed by atoms with van der Waals surface area (Å²) in [5.74, 6) is 0.301. The number of nitrogens with zero attached hydrogens (tertiary/aromatic N) is 1. The number of hydrogen-bond acceptors (Lipinski definition) is 4. The molecule has 1 amide bonds. The van der Waals surface area contributed by atoms with Gasteiger partial charge in [0.25, 0.3) is 0 Å². The summed E-state index contributed by atoms with van der Waals surface area (Å²) in [6.45, 7) is 21.9. The number of amides is 1. The van der Waals surface area contributed by atoms with Crippen molar-refractivity contribution in [2.45, 2.75) is 100 Å². The first-order valence-electron chi connectivity index (χ1n) is 15.8. The Labute approximate surface area is 242 Å². The molecule has 0 aromatic rings.